The first-order valence-electron chi connectivity index (χ1n) is 4.96. The van der Waals surface area contributed by atoms with Crippen molar-refractivity contribution in [3.63, 3.8) is 0 Å². The van der Waals surface area contributed by atoms with Gasteiger partial charge in [-0.3, -0.25) is 0 Å². The van der Waals surface area contributed by atoms with E-state index in [-0.39, 0.29) is 5.60 Å². The van der Waals surface area contributed by atoms with Gasteiger partial charge in [-0.05, 0) is 33.6 Å². The van der Waals surface area contributed by atoms with Crippen molar-refractivity contribution < 1.29 is 4.74 Å². The van der Waals surface area contributed by atoms with Gasteiger partial charge >= 0.3 is 0 Å². The van der Waals surface area contributed by atoms with Crippen molar-refractivity contribution in [2.45, 2.75) is 45.3 Å². The van der Waals surface area contributed by atoms with E-state index in [1.165, 1.54) is 6.42 Å². The monoisotopic (exact) mass is 181 g/mol. The Morgan fingerprint density at radius 2 is 2.38 bits per heavy atom. The first-order valence-corrected chi connectivity index (χ1v) is 4.96. The summed E-state index contributed by atoms with van der Waals surface area (Å²) in [7, 11) is 0. The smallest absolute Gasteiger partial charge is 0.0805 e. The number of hydrogen-bond acceptors (Lipinski definition) is 2. The molecule has 74 valence electrons. The SMILES string of the molecule is CC#CCNC(C)C1(C)CCCO1. The van der Waals surface area contributed by atoms with Gasteiger partial charge in [-0.25, -0.2) is 0 Å². The zero-order valence-corrected chi connectivity index (χ0v) is 8.81. The molecule has 0 radical (unpaired) electrons. The molecule has 0 bridgehead atoms. The van der Waals surface area contributed by atoms with Crippen molar-refractivity contribution in [1.29, 1.82) is 0 Å². The van der Waals surface area contributed by atoms with Crippen LogP contribution in [0, 0.1) is 11.8 Å². The highest BCUT2D eigenvalue weighted by atomic mass is 16.5. The van der Waals surface area contributed by atoms with Crippen LogP contribution in [0.5, 0.6) is 0 Å². The average molecular weight is 181 g/mol. The van der Waals surface area contributed by atoms with E-state index in [9.17, 15) is 0 Å². The van der Waals surface area contributed by atoms with Crippen LogP contribution in [0.4, 0.5) is 0 Å². The molecule has 1 aliphatic heterocycles. The van der Waals surface area contributed by atoms with Gasteiger partial charge < -0.3 is 10.1 Å². The van der Waals surface area contributed by atoms with Gasteiger partial charge in [0.1, 0.15) is 0 Å². The number of ether oxygens (including phenoxy) is 1. The minimum Gasteiger partial charge on any atom is -0.374 e. The second-order valence-electron chi connectivity index (χ2n) is 3.79. The van der Waals surface area contributed by atoms with E-state index in [4.69, 9.17) is 4.74 Å². The summed E-state index contributed by atoms with van der Waals surface area (Å²) in [6.07, 6.45) is 2.34. The molecule has 1 aliphatic rings. The third-order valence-electron chi connectivity index (χ3n) is 2.84. The van der Waals surface area contributed by atoms with Gasteiger partial charge in [-0.15, -0.1) is 5.92 Å². The van der Waals surface area contributed by atoms with Crippen molar-refractivity contribution in [2.75, 3.05) is 13.2 Å². The lowest BCUT2D eigenvalue weighted by Gasteiger charge is -2.30. The van der Waals surface area contributed by atoms with Crippen LogP contribution >= 0.6 is 0 Å². The van der Waals surface area contributed by atoms with E-state index in [0.717, 1.165) is 19.6 Å². The third kappa shape index (κ3) is 2.72. The van der Waals surface area contributed by atoms with E-state index in [1.54, 1.807) is 0 Å². The fourth-order valence-electron chi connectivity index (χ4n) is 1.65. The Morgan fingerprint density at radius 1 is 1.62 bits per heavy atom. The van der Waals surface area contributed by atoms with Gasteiger partial charge in [0, 0.05) is 12.6 Å². The lowest BCUT2D eigenvalue weighted by molar-refractivity contribution is -0.00542. The molecular weight excluding hydrogens is 162 g/mol. The van der Waals surface area contributed by atoms with E-state index < -0.39 is 0 Å². The maximum absolute atomic E-state index is 5.72. The van der Waals surface area contributed by atoms with E-state index in [2.05, 4.69) is 31.0 Å². The summed E-state index contributed by atoms with van der Waals surface area (Å²) in [5, 5.41) is 3.37. The van der Waals surface area contributed by atoms with Crippen molar-refractivity contribution in [1.82, 2.24) is 5.32 Å². The lowest BCUT2D eigenvalue weighted by atomic mass is 9.94. The Morgan fingerprint density at radius 3 is 2.92 bits per heavy atom. The minimum absolute atomic E-state index is 0.0232. The highest BCUT2D eigenvalue weighted by molar-refractivity contribution is 4.99. The van der Waals surface area contributed by atoms with Crippen LogP contribution < -0.4 is 5.32 Å². The summed E-state index contributed by atoms with van der Waals surface area (Å²) >= 11 is 0. The largest absolute Gasteiger partial charge is 0.374 e. The molecule has 0 aromatic heterocycles. The fraction of sp³-hybridized carbons (Fsp3) is 0.818. The molecule has 0 aromatic rings. The summed E-state index contributed by atoms with van der Waals surface area (Å²) in [4.78, 5) is 0. The predicted molar refractivity (Wildman–Crippen MR) is 54.5 cm³/mol. The summed E-state index contributed by atoms with van der Waals surface area (Å²) in [6, 6.07) is 0.385. The van der Waals surface area contributed by atoms with Crippen LogP contribution in [-0.2, 0) is 4.74 Å². The van der Waals surface area contributed by atoms with Crippen LogP contribution in [0.3, 0.4) is 0 Å². The van der Waals surface area contributed by atoms with Gasteiger partial charge in [0.25, 0.3) is 0 Å². The Kier molecular flexibility index (Phi) is 3.77. The lowest BCUT2D eigenvalue weighted by Crippen LogP contribution is -2.46. The molecule has 1 saturated heterocycles. The second kappa shape index (κ2) is 4.64. The third-order valence-corrected chi connectivity index (χ3v) is 2.84. The minimum atomic E-state index is 0.0232. The molecule has 0 spiro atoms. The molecule has 1 N–H and O–H groups in total. The molecule has 2 atom stereocenters. The van der Waals surface area contributed by atoms with Gasteiger partial charge in [0.05, 0.1) is 12.1 Å². The number of nitrogens with one attached hydrogen (secondary N) is 1. The molecule has 2 nitrogen and oxygen atoms in total. The van der Waals surface area contributed by atoms with E-state index >= 15 is 0 Å². The second-order valence-corrected chi connectivity index (χ2v) is 3.79. The van der Waals surface area contributed by atoms with Crippen molar-refractivity contribution in [2.24, 2.45) is 0 Å². The highest BCUT2D eigenvalue weighted by Gasteiger charge is 2.35. The molecule has 13 heavy (non-hydrogen) atoms. The molecule has 0 aliphatic carbocycles. The maximum Gasteiger partial charge on any atom is 0.0805 e. The quantitative estimate of drug-likeness (QED) is 0.667. The fourth-order valence-corrected chi connectivity index (χ4v) is 1.65. The molecule has 1 heterocycles. The zero-order chi connectivity index (χ0) is 9.73. The van der Waals surface area contributed by atoms with Gasteiger partial charge in [-0.2, -0.15) is 0 Å². The molecule has 0 saturated carbocycles. The Hall–Kier alpha value is -0.520. The summed E-state index contributed by atoms with van der Waals surface area (Å²) < 4.78 is 5.72. The van der Waals surface area contributed by atoms with Crippen LogP contribution in [0.25, 0.3) is 0 Å². The molecule has 0 aromatic carbocycles. The van der Waals surface area contributed by atoms with Gasteiger partial charge in [0.2, 0.25) is 0 Å². The Bertz CT molecular complexity index is 208. The topological polar surface area (TPSA) is 21.3 Å². The first-order chi connectivity index (χ1) is 6.19. The molecule has 2 unspecified atom stereocenters. The molecule has 2 heteroatoms. The van der Waals surface area contributed by atoms with Crippen molar-refractivity contribution >= 4 is 0 Å². The standard InChI is InChI=1S/C11H19NO/c1-4-5-8-12-10(2)11(3)7-6-9-13-11/h10,12H,6-9H2,1-3H3. The average Bonchev–Trinajstić information content (AvgIpc) is 2.54. The molecular formula is C11H19NO. The first kappa shape index (κ1) is 10.6. The van der Waals surface area contributed by atoms with E-state index in [1.807, 2.05) is 6.92 Å². The Balaban J connectivity index is 2.35. The van der Waals surface area contributed by atoms with Crippen molar-refractivity contribution in [3.8, 4) is 11.8 Å². The van der Waals surface area contributed by atoms with Crippen molar-refractivity contribution in [3.05, 3.63) is 0 Å². The summed E-state index contributed by atoms with van der Waals surface area (Å²) in [5.74, 6) is 5.88. The van der Waals surface area contributed by atoms with Crippen LogP contribution in [-0.4, -0.2) is 24.8 Å². The molecule has 0 amide bonds. The number of rotatable bonds is 3. The molecule has 1 rings (SSSR count). The summed E-state index contributed by atoms with van der Waals surface area (Å²) in [5.41, 5.74) is 0.0232. The van der Waals surface area contributed by atoms with Crippen LogP contribution in [0.1, 0.15) is 33.6 Å². The normalized spacial score (nSPS) is 29.5. The van der Waals surface area contributed by atoms with Gasteiger partial charge in [-0.1, -0.05) is 5.92 Å². The predicted octanol–water partition coefficient (Wildman–Crippen LogP) is 1.56. The highest BCUT2D eigenvalue weighted by Crippen LogP contribution is 2.28. The van der Waals surface area contributed by atoms with E-state index in [0.29, 0.717) is 6.04 Å². The van der Waals surface area contributed by atoms with Crippen LogP contribution in [0.2, 0.25) is 0 Å². The maximum atomic E-state index is 5.72. The summed E-state index contributed by atoms with van der Waals surface area (Å²) in [6.45, 7) is 7.87. The van der Waals surface area contributed by atoms with Gasteiger partial charge in [0.15, 0.2) is 0 Å². The number of hydrogen-bond donors (Lipinski definition) is 1. The zero-order valence-electron chi connectivity index (χ0n) is 8.81. The molecule has 1 fully saturated rings. The Labute approximate surface area is 81.0 Å². The van der Waals surface area contributed by atoms with Crippen LogP contribution in [0.15, 0.2) is 0 Å².